The van der Waals surface area contributed by atoms with E-state index in [2.05, 4.69) is 26.2 Å². The van der Waals surface area contributed by atoms with E-state index in [0.717, 1.165) is 4.47 Å². The van der Waals surface area contributed by atoms with E-state index in [-0.39, 0.29) is 0 Å². The summed E-state index contributed by atoms with van der Waals surface area (Å²) in [5.74, 6) is 0.678. The third kappa shape index (κ3) is 2.48. The molecule has 0 radical (unpaired) electrons. The third-order valence-corrected chi connectivity index (χ3v) is 3.23. The van der Waals surface area contributed by atoms with Gasteiger partial charge in [0.05, 0.1) is 20.2 Å². The zero-order valence-corrected chi connectivity index (χ0v) is 11.1. The van der Waals surface area contributed by atoms with Crippen LogP contribution in [0.15, 0.2) is 41.0 Å². The Balaban J connectivity index is 2.38. The number of nitrogens with one attached hydrogen (secondary N) is 1. The zero-order valence-electron chi connectivity index (χ0n) is 8.05. The number of benzene rings is 1. The average molecular weight is 318 g/mol. The maximum Gasteiger partial charge on any atom is 0.144 e. The number of nitrogens with zero attached hydrogens (tertiary/aromatic N) is 1. The monoisotopic (exact) mass is 316 g/mol. The average Bonchev–Trinajstić information content (AvgIpc) is 2.26. The quantitative estimate of drug-likeness (QED) is 0.852. The fourth-order valence-corrected chi connectivity index (χ4v) is 2.06. The summed E-state index contributed by atoms with van der Waals surface area (Å²) in [5.41, 5.74) is 0.658. The molecule has 2 rings (SSSR count). The van der Waals surface area contributed by atoms with E-state index in [1.165, 1.54) is 0 Å². The summed E-state index contributed by atoms with van der Waals surface area (Å²) >= 11 is 15.5. The highest BCUT2D eigenvalue weighted by Crippen LogP contribution is 2.33. The fourth-order valence-electron chi connectivity index (χ4n) is 1.21. The Morgan fingerprint density at radius 2 is 1.75 bits per heavy atom. The van der Waals surface area contributed by atoms with E-state index >= 15 is 0 Å². The molecular formula is C11H7BrCl2N2. The summed E-state index contributed by atoms with van der Waals surface area (Å²) in [5, 5.41) is 4.21. The number of pyridine rings is 1. The Morgan fingerprint density at radius 3 is 2.38 bits per heavy atom. The highest BCUT2D eigenvalue weighted by molar-refractivity contribution is 9.10. The molecule has 1 aromatic carbocycles. The molecule has 0 aliphatic heterocycles. The van der Waals surface area contributed by atoms with Gasteiger partial charge < -0.3 is 5.32 Å². The molecule has 0 aliphatic rings. The van der Waals surface area contributed by atoms with Crippen LogP contribution in [0.4, 0.5) is 11.5 Å². The van der Waals surface area contributed by atoms with Crippen molar-refractivity contribution in [2.45, 2.75) is 0 Å². The van der Waals surface area contributed by atoms with Crippen LogP contribution in [-0.4, -0.2) is 4.98 Å². The molecule has 0 saturated heterocycles. The summed E-state index contributed by atoms with van der Waals surface area (Å²) in [6, 6.07) is 9.06. The minimum absolute atomic E-state index is 0.560. The smallest absolute Gasteiger partial charge is 0.144 e. The van der Waals surface area contributed by atoms with Crippen molar-refractivity contribution in [2.75, 3.05) is 5.32 Å². The Labute approximate surface area is 112 Å². The summed E-state index contributed by atoms with van der Waals surface area (Å²) in [6.07, 6.45) is 1.69. The molecule has 0 atom stereocenters. The normalized spacial score (nSPS) is 10.2. The van der Waals surface area contributed by atoms with Crippen LogP contribution >= 0.6 is 39.1 Å². The molecule has 5 heteroatoms. The third-order valence-electron chi connectivity index (χ3n) is 1.96. The van der Waals surface area contributed by atoms with Gasteiger partial charge in [0, 0.05) is 6.20 Å². The highest BCUT2D eigenvalue weighted by Gasteiger charge is 2.07. The maximum absolute atomic E-state index is 6.04. The fraction of sp³-hybridized carbons (Fsp3) is 0. The second-order valence-corrected chi connectivity index (χ2v) is 4.72. The first-order valence-electron chi connectivity index (χ1n) is 4.50. The lowest BCUT2D eigenvalue weighted by Gasteiger charge is -2.10. The molecule has 16 heavy (non-hydrogen) atoms. The predicted molar refractivity (Wildman–Crippen MR) is 71.7 cm³/mol. The molecule has 0 amide bonds. The van der Waals surface area contributed by atoms with Gasteiger partial charge in [-0.2, -0.15) is 0 Å². The standard InChI is InChI=1S/C11H7BrCl2N2/c12-7-3-2-6-15-11(7)16-10-8(13)4-1-5-9(10)14/h1-6H,(H,15,16). The van der Waals surface area contributed by atoms with Gasteiger partial charge in [-0.3, -0.25) is 0 Å². The van der Waals surface area contributed by atoms with Crippen LogP contribution in [0.25, 0.3) is 0 Å². The van der Waals surface area contributed by atoms with Crippen LogP contribution in [0.3, 0.4) is 0 Å². The van der Waals surface area contributed by atoms with Crippen LogP contribution in [0.5, 0.6) is 0 Å². The van der Waals surface area contributed by atoms with E-state index in [1.807, 2.05) is 12.1 Å². The molecule has 1 N–H and O–H groups in total. The lowest BCUT2D eigenvalue weighted by Crippen LogP contribution is -1.95. The van der Waals surface area contributed by atoms with Crippen molar-refractivity contribution < 1.29 is 0 Å². The van der Waals surface area contributed by atoms with Gasteiger partial charge in [0.15, 0.2) is 0 Å². The lowest BCUT2D eigenvalue weighted by molar-refractivity contribution is 1.29. The molecule has 0 bridgehead atoms. The van der Waals surface area contributed by atoms with Crippen molar-refractivity contribution in [3.05, 3.63) is 51.0 Å². The number of anilines is 2. The van der Waals surface area contributed by atoms with Crippen LogP contribution in [-0.2, 0) is 0 Å². The van der Waals surface area contributed by atoms with E-state index < -0.39 is 0 Å². The number of halogens is 3. The Kier molecular flexibility index (Phi) is 3.69. The van der Waals surface area contributed by atoms with Crippen molar-refractivity contribution in [3.8, 4) is 0 Å². The van der Waals surface area contributed by atoms with Gasteiger partial charge in [-0.15, -0.1) is 0 Å². The van der Waals surface area contributed by atoms with E-state index in [9.17, 15) is 0 Å². The summed E-state index contributed by atoms with van der Waals surface area (Å²) in [7, 11) is 0. The molecule has 0 spiro atoms. The first-order chi connectivity index (χ1) is 7.68. The van der Waals surface area contributed by atoms with E-state index in [4.69, 9.17) is 23.2 Å². The van der Waals surface area contributed by atoms with E-state index in [1.54, 1.807) is 24.4 Å². The van der Waals surface area contributed by atoms with Crippen LogP contribution in [0, 0.1) is 0 Å². The summed E-state index contributed by atoms with van der Waals surface area (Å²) in [6.45, 7) is 0. The van der Waals surface area contributed by atoms with Crippen LogP contribution < -0.4 is 5.32 Å². The molecule has 1 heterocycles. The van der Waals surface area contributed by atoms with Crippen molar-refractivity contribution in [1.82, 2.24) is 4.98 Å². The molecule has 1 aromatic heterocycles. The minimum atomic E-state index is 0.560. The van der Waals surface area contributed by atoms with Gasteiger partial charge in [-0.25, -0.2) is 4.98 Å². The molecule has 0 unspecified atom stereocenters. The van der Waals surface area contributed by atoms with Crippen LogP contribution in [0.1, 0.15) is 0 Å². The first-order valence-corrected chi connectivity index (χ1v) is 6.05. The highest BCUT2D eigenvalue weighted by atomic mass is 79.9. The number of hydrogen-bond donors (Lipinski definition) is 1. The van der Waals surface area contributed by atoms with E-state index in [0.29, 0.717) is 21.6 Å². The van der Waals surface area contributed by atoms with Gasteiger partial charge in [0.25, 0.3) is 0 Å². The van der Waals surface area contributed by atoms with Crippen molar-refractivity contribution in [2.24, 2.45) is 0 Å². The van der Waals surface area contributed by atoms with Gasteiger partial charge >= 0.3 is 0 Å². The number of aromatic nitrogens is 1. The summed E-state index contributed by atoms with van der Waals surface area (Å²) < 4.78 is 0.853. The molecule has 0 fully saturated rings. The Bertz CT molecular complexity index is 497. The zero-order chi connectivity index (χ0) is 11.5. The molecule has 0 saturated carbocycles. The van der Waals surface area contributed by atoms with Gasteiger partial charge in [-0.1, -0.05) is 29.3 Å². The largest absolute Gasteiger partial charge is 0.337 e. The summed E-state index contributed by atoms with van der Waals surface area (Å²) in [4.78, 5) is 4.18. The first kappa shape index (κ1) is 11.7. The second kappa shape index (κ2) is 5.04. The topological polar surface area (TPSA) is 24.9 Å². The van der Waals surface area contributed by atoms with Gasteiger partial charge in [-0.05, 0) is 40.2 Å². The number of rotatable bonds is 2. The van der Waals surface area contributed by atoms with Crippen molar-refractivity contribution >= 4 is 50.6 Å². The van der Waals surface area contributed by atoms with Crippen molar-refractivity contribution in [3.63, 3.8) is 0 Å². The molecule has 0 aliphatic carbocycles. The Hall–Kier alpha value is -0.770. The second-order valence-electron chi connectivity index (χ2n) is 3.06. The maximum atomic E-state index is 6.04. The number of hydrogen-bond acceptors (Lipinski definition) is 2. The Morgan fingerprint density at radius 1 is 1.06 bits per heavy atom. The molecule has 82 valence electrons. The predicted octanol–water partition coefficient (Wildman–Crippen LogP) is 4.89. The molecule has 2 aromatic rings. The van der Waals surface area contributed by atoms with Crippen molar-refractivity contribution in [1.29, 1.82) is 0 Å². The van der Waals surface area contributed by atoms with Gasteiger partial charge in [0.1, 0.15) is 5.82 Å². The number of para-hydroxylation sites is 1. The minimum Gasteiger partial charge on any atom is -0.337 e. The SMILES string of the molecule is Clc1cccc(Cl)c1Nc1ncccc1Br. The van der Waals surface area contributed by atoms with Gasteiger partial charge in [0.2, 0.25) is 0 Å². The molecule has 2 nitrogen and oxygen atoms in total. The van der Waals surface area contributed by atoms with Crippen LogP contribution in [0.2, 0.25) is 10.0 Å². The lowest BCUT2D eigenvalue weighted by atomic mass is 10.3. The molecular weight excluding hydrogens is 311 g/mol.